The van der Waals surface area contributed by atoms with Gasteiger partial charge in [-0.1, -0.05) is 35.4 Å². The van der Waals surface area contributed by atoms with Gasteiger partial charge in [-0.3, -0.25) is 9.10 Å². The number of aryl methyl sites for hydroxylation is 3. The maximum atomic E-state index is 13.2. The first-order valence-electron chi connectivity index (χ1n) is 10.7. The zero-order chi connectivity index (χ0) is 23.8. The van der Waals surface area contributed by atoms with Crippen LogP contribution in [0.25, 0.3) is 10.1 Å². The molecule has 1 heterocycles. The van der Waals surface area contributed by atoms with Crippen LogP contribution < -0.4 is 9.62 Å². The summed E-state index contributed by atoms with van der Waals surface area (Å²) in [5.74, 6) is -0.177. The number of carbonyl (C=O) groups excluding carboxylic acids is 1. The number of nitrogens with zero attached hydrogens (tertiary/aromatic N) is 1. The first-order chi connectivity index (χ1) is 15.7. The molecule has 33 heavy (non-hydrogen) atoms. The number of fused-ring (bicyclic) bond motifs is 1. The minimum absolute atomic E-state index is 0.177. The molecule has 7 heteroatoms. The van der Waals surface area contributed by atoms with E-state index in [0.29, 0.717) is 17.1 Å². The molecular formula is C26H26N2O3S2. The summed E-state index contributed by atoms with van der Waals surface area (Å²) >= 11 is 1.39. The molecule has 0 spiro atoms. The van der Waals surface area contributed by atoms with E-state index in [1.807, 2.05) is 64.1 Å². The lowest BCUT2D eigenvalue weighted by molar-refractivity contribution is 0.103. The van der Waals surface area contributed by atoms with E-state index in [1.165, 1.54) is 15.6 Å². The average molecular weight is 479 g/mol. The molecule has 0 radical (unpaired) electrons. The zero-order valence-corrected chi connectivity index (χ0v) is 20.7. The predicted octanol–water partition coefficient (Wildman–Crippen LogP) is 6.29. The van der Waals surface area contributed by atoms with Crippen molar-refractivity contribution in [3.8, 4) is 0 Å². The fourth-order valence-electron chi connectivity index (χ4n) is 3.76. The summed E-state index contributed by atoms with van der Waals surface area (Å²) in [5, 5.41) is 3.81. The molecule has 0 aliphatic carbocycles. The summed E-state index contributed by atoms with van der Waals surface area (Å²) in [4.78, 5) is 13.7. The van der Waals surface area contributed by atoms with Gasteiger partial charge in [-0.05, 0) is 81.1 Å². The maximum Gasteiger partial charge on any atom is 0.265 e. The van der Waals surface area contributed by atoms with Crippen LogP contribution in [0.15, 0.2) is 71.6 Å². The van der Waals surface area contributed by atoms with Gasteiger partial charge in [0.1, 0.15) is 0 Å². The highest BCUT2D eigenvalue weighted by atomic mass is 32.2. The van der Waals surface area contributed by atoms with Crippen molar-refractivity contribution in [2.45, 2.75) is 32.6 Å². The quantitative estimate of drug-likeness (QED) is 0.354. The van der Waals surface area contributed by atoms with E-state index in [4.69, 9.17) is 0 Å². The first-order valence-corrected chi connectivity index (χ1v) is 13.0. The lowest BCUT2D eigenvalue weighted by Gasteiger charge is -2.23. The van der Waals surface area contributed by atoms with E-state index in [9.17, 15) is 13.2 Å². The summed E-state index contributed by atoms with van der Waals surface area (Å²) in [6.07, 6.45) is 0. The third-order valence-electron chi connectivity index (χ3n) is 5.54. The third-order valence-corrected chi connectivity index (χ3v) is 8.57. The maximum absolute atomic E-state index is 13.2. The SMILES string of the molecule is CCN(c1ccc2sc(C(=O)Nc3ccc(C)cc3C)cc2c1)S(=O)(=O)c1ccc(C)cc1. The zero-order valence-electron chi connectivity index (χ0n) is 19.0. The van der Waals surface area contributed by atoms with E-state index >= 15 is 0 Å². The molecule has 0 aliphatic heterocycles. The largest absolute Gasteiger partial charge is 0.321 e. The number of anilines is 2. The molecule has 4 aromatic rings. The summed E-state index contributed by atoms with van der Waals surface area (Å²) < 4.78 is 28.8. The fraction of sp³-hybridized carbons (Fsp3) is 0.192. The van der Waals surface area contributed by atoms with Gasteiger partial charge >= 0.3 is 0 Å². The smallest absolute Gasteiger partial charge is 0.265 e. The Morgan fingerprint density at radius 1 is 0.909 bits per heavy atom. The van der Waals surface area contributed by atoms with Gasteiger partial charge in [-0.15, -0.1) is 11.3 Å². The number of amides is 1. The van der Waals surface area contributed by atoms with Crippen LogP contribution in [-0.4, -0.2) is 20.9 Å². The Bertz CT molecular complexity index is 1440. The summed E-state index contributed by atoms with van der Waals surface area (Å²) in [5.41, 5.74) is 4.51. The molecule has 4 rings (SSSR count). The monoisotopic (exact) mass is 478 g/mol. The predicted molar refractivity (Wildman–Crippen MR) is 137 cm³/mol. The Morgan fingerprint density at radius 3 is 2.27 bits per heavy atom. The first kappa shape index (κ1) is 23.0. The van der Waals surface area contributed by atoms with E-state index in [-0.39, 0.29) is 10.8 Å². The van der Waals surface area contributed by atoms with Crippen LogP contribution in [0.4, 0.5) is 11.4 Å². The number of thiophene rings is 1. The van der Waals surface area contributed by atoms with E-state index in [0.717, 1.165) is 32.5 Å². The van der Waals surface area contributed by atoms with E-state index in [2.05, 4.69) is 5.32 Å². The van der Waals surface area contributed by atoms with Crippen molar-refractivity contribution >= 4 is 48.7 Å². The lowest BCUT2D eigenvalue weighted by atomic mass is 10.1. The lowest BCUT2D eigenvalue weighted by Crippen LogP contribution is -2.30. The minimum atomic E-state index is -3.69. The standard InChI is InChI=1S/C26H26N2O3S2/c1-5-28(33(30,31)22-10-6-17(2)7-11-22)21-9-13-24-20(15-21)16-25(32-24)26(29)27-23-12-8-18(3)14-19(23)4/h6-16H,5H2,1-4H3,(H,27,29). The van der Waals surface area contributed by atoms with Gasteiger partial charge in [0.25, 0.3) is 15.9 Å². The Morgan fingerprint density at radius 2 is 1.61 bits per heavy atom. The van der Waals surface area contributed by atoms with Crippen molar-refractivity contribution in [2.24, 2.45) is 0 Å². The van der Waals surface area contributed by atoms with Crippen molar-refractivity contribution in [1.29, 1.82) is 0 Å². The Labute approximate surface area is 198 Å². The highest BCUT2D eigenvalue weighted by molar-refractivity contribution is 7.92. The van der Waals surface area contributed by atoms with Crippen molar-refractivity contribution in [3.05, 3.63) is 88.3 Å². The number of hydrogen-bond acceptors (Lipinski definition) is 4. The molecule has 170 valence electrons. The van der Waals surface area contributed by atoms with Crippen LogP contribution in [0.2, 0.25) is 0 Å². The van der Waals surface area contributed by atoms with Crippen LogP contribution in [0, 0.1) is 20.8 Å². The van der Waals surface area contributed by atoms with E-state index < -0.39 is 10.0 Å². The number of rotatable bonds is 6. The number of carbonyl (C=O) groups is 1. The number of hydrogen-bond donors (Lipinski definition) is 1. The molecule has 1 aromatic heterocycles. The average Bonchev–Trinajstić information content (AvgIpc) is 3.20. The molecule has 0 fully saturated rings. The molecular weight excluding hydrogens is 452 g/mol. The molecule has 1 N–H and O–H groups in total. The highest BCUT2D eigenvalue weighted by Gasteiger charge is 2.24. The Balaban J connectivity index is 1.64. The number of sulfonamides is 1. The molecule has 0 atom stereocenters. The molecule has 0 unspecified atom stereocenters. The second kappa shape index (κ2) is 9.00. The van der Waals surface area contributed by atoms with Crippen molar-refractivity contribution < 1.29 is 13.2 Å². The summed E-state index contributed by atoms with van der Waals surface area (Å²) in [6, 6.07) is 20.1. The van der Waals surface area contributed by atoms with Crippen molar-refractivity contribution in [3.63, 3.8) is 0 Å². The van der Waals surface area contributed by atoms with Gasteiger partial charge in [0, 0.05) is 16.9 Å². The van der Waals surface area contributed by atoms with Gasteiger partial charge in [-0.25, -0.2) is 8.42 Å². The highest BCUT2D eigenvalue weighted by Crippen LogP contribution is 2.32. The van der Waals surface area contributed by atoms with Crippen LogP contribution in [0.5, 0.6) is 0 Å². The topological polar surface area (TPSA) is 66.5 Å². The molecule has 5 nitrogen and oxygen atoms in total. The number of nitrogens with one attached hydrogen (secondary N) is 1. The van der Waals surface area contributed by atoms with E-state index in [1.54, 1.807) is 30.3 Å². The molecule has 3 aromatic carbocycles. The van der Waals surface area contributed by atoms with Crippen LogP contribution in [0.3, 0.4) is 0 Å². The van der Waals surface area contributed by atoms with Crippen molar-refractivity contribution in [2.75, 3.05) is 16.2 Å². The van der Waals surface area contributed by atoms with Crippen LogP contribution in [0.1, 0.15) is 33.3 Å². The Hall–Kier alpha value is -3.16. The number of benzene rings is 3. The summed E-state index contributed by atoms with van der Waals surface area (Å²) in [7, 11) is -3.69. The Kier molecular flexibility index (Phi) is 6.28. The normalized spacial score (nSPS) is 11.5. The molecule has 0 aliphatic rings. The van der Waals surface area contributed by atoms with Gasteiger partial charge in [0.15, 0.2) is 0 Å². The molecule has 1 amide bonds. The van der Waals surface area contributed by atoms with Gasteiger partial charge in [-0.2, -0.15) is 0 Å². The second-order valence-corrected chi connectivity index (χ2v) is 11.0. The second-order valence-electron chi connectivity index (χ2n) is 8.09. The van der Waals surface area contributed by atoms with Crippen LogP contribution in [-0.2, 0) is 10.0 Å². The van der Waals surface area contributed by atoms with Gasteiger partial charge < -0.3 is 5.32 Å². The fourth-order valence-corrected chi connectivity index (χ4v) is 6.17. The van der Waals surface area contributed by atoms with Gasteiger partial charge in [0.2, 0.25) is 0 Å². The molecule has 0 bridgehead atoms. The molecule has 0 saturated carbocycles. The van der Waals surface area contributed by atoms with Crippen molar-refractivity contribution in [1.82, 2.24) is 0 Å². The minimum Gasteiger partial charge on any atom is -0.321 e. The summed E-state index contributed by atoms with van der Waals surface area (Å²) in [6.45, 7) is 8.01. The van der Waals surface area contributed by atoms with Crippen LogP contribution >= 0.6 is 11.3 Å². The third kappa shape index (κ3) is 4.65. The van der Waals surface area contributed by atoms with Gasteiger partial charge in [0.05, 0.1) is 15.5 Å². The molecule has 0 saturated heterocycles.